The van der Waals surface area contributed by atoms with Crippen LogP contribution in [-0.4, -0.2) is 16.7 Å². The molecular weight excluding hydrogens is 324 g/mol. The van der Waals surface area contributed by atoms with Crippen LogP contribution in [-0.2, 0) is 0 Å². The summed E-state index contributed by atoms with van der Waals surface area (Å²) >= 11 is 6.03. The Labute approximate surface area is 144 Å². The van der Waals surface area contributed by atoms with E-state index in [1.165, 1.54) is 6.92 Å². The number of fused-ring (bicyclic) bond motifs is 1. The molecular formula is C19H15ClN2O2. The van der Waals surface area contributed by atoms with Crippen molar-refractivity contribution in [2.45, 2.75) is 13.8 Å². The second-order valence-electron chi connectivity index (χ2n) is 5.49. The quantitative estimate of drug-likeness (QED) is 0.707. The first-order chi connectivity index (χ1) is 11.5. The normalized spacial score (nSPS) is 10.6. The average molecular weight is 339 g/mol. The van der Waals surface area contributed by atoms with Crippen molar-refractivity contribution in [1.29, 1.82) is 0 Å². The highest BCUT2D eigenvalue weighted by Crippen LogP contribution is 2.31. The van der Waals surface area contributed by atoms with Crippen LogP contribution < -0.4 is 5.32 Å². The molecule has 0 aliphatic heterocycles. The number of ketones is 1. The third-order valence-electron chi connectivity index (χ3n) is 3.76. The fourth-order valence-corrected chi connectivity index (χ4v) is 2.86. The third-order valence-corrected chi connectivity index (χ3v) is 3.99. The van der Waals surface area contributed by atoms with E-state index in [0.29, 0.717) is 38.4 Å². The molecule has 24 heavy (non-hydrogen) atoms. The molecule has 0 bridgehead atoms. The predicted molar refractivity (Wildman–Crippen MR) is 95.9 cm³/mol. The van der Waals surface area contributed by atoms with Gasteiger partial charge in [0.2, 0.25) is 0 Å². The summed E-state index contributed by atoms with van der Waals surface area (Å²) in [5.74, 6) is -0.430. The van der Waals surface area contributed by atoms with Gasteiger partial charge in [0.1, 0.15) is 0 Å². The van der Waals surface area contributed by atoms with Crippen LogP contribution in [0.25, 0.3) is 10.9 Å². The van der Waals surface area contributed by atoms with E-state index in [4.69, 9.17) is 11.6 Å². The fraction of sp³-hybridized carbons (Fsp3) is 0.105. The second-order valence-corrected chi connectivity index (χ2v) is 5.92. The summed E-state index contributed by atoms with van der Waals surface area (Å²) in [7, 11) is 0. The van der Waals surface area contributed by atoms with Crippen LogP contribution in [0.2, 0.25) is 5.02 Å². The lowest BCUT2D eigenvalue weighted by Gasteiger charge is -2.15. The zero-order valence-corrected chi connectivity index (χ0v) is 14.0. The Kier molecular flexibility index (Phi) is 4.32. The van der Waals surface area contributed by atoms with Gasteiger partial charge in [0.15, 0.2) is 5.78 Å². The molecule has 0 aliphatic carbocycles. The number of carbonyl (C=O) groups excluding carboxylic acids is 2. The zero-order chi connectivity index (χ0) is 17.3. The van der Waals surface area contributed by atoms with Crippen molar-refractivity contribution >= 4 is 39.9 Å². The number of carbonyl (C=O) groups is 2. The number of benzene rings is 2. The topological polar surface area (TPSA) is 59.1 Å². The number of anilines is 1. The number of nitrogens with zero attached hydrogens (tertiary/aromatic N) is 1. The number of aromatic nitrogens is 1. The number of hydrogen-bond donors (Lipinski definition) is 1. The van der Waals surface area contributed by atoms with Gasteiger partial charge in [0.25, 0.3) is 5.91 Å². The summed E-state index contributed by atoms with van der Waals surface area (Å²) in [6.45, 7) is 3.21. The van der Waals surface area contributed by atoms with Crippen LogP contribution >= 0.6 is 11.6 Å². The molecule has 0 unspecified atom stereocenters. The average Bonchev–Trinajstić information content (AvgIpc) is 2.54. The molecule has 1 amide bonds. The van der Waals surface area contributed by atoms with Gasteiger partial charge in [-0.05, 0) is 44.2 Å². The van der Waals surface area contributed by atoms with Crippen LogP contribution in [0.5, 0.6) is 0 Å². The van der Waals surface area contributed by atoms with Gasteiger partial charge in [-0.15, -0.1) is 0 Å². The van der Waals surface area contributed by atoms with Gasteiger partial charge >= 0.3 is 0 Å². The van der Waals surface area contributed by atoms with E-state index >= 15 is 0 Å². The molecule has 0 radical (unpaired) electrons. The van der Waals surface area contributed by atoms with Gasteiger partial charge in [-0.25, -0.2) is 0 Å². The highest BCUT2D eigenvalue weighted by molar-refractivity contribution is 6.31. The number of halogens is 1. The first kappa shape index (κ1) is 16.1. The fourth-order valence-electron chi connectivity index (χ4n) is 2.70. The number of rotatable bonds is 3. The van der Waals surface area contributed by atoms with E-state index in [2.05, 4.69) is 10.3 Å². The molecule has 0 fully saturated rings. The van der Waals surface area contributed by atoms with Gasteiger partial charge in [0.05, 0.1) is 22.5 Å². The maximum absolute atomic E-state index is 12.5. The largest absolute Gasteiger partial charge is 0.321 e. The first-order valence-corrected chi connectivity index (χ1v) is 7.82. The SMILES string of the molecule is CC(=O)c1c(C)nc2cc(Cl)ccc2c1NC(=O)c1ccccc1. The molecule has 2 aromatic carbocycles. The molecule has 3 aromatic rings. The lowest BCUT2D eigenvalue weighted by atomic mass is 10.0. The molecule has 1 aromatic heterocycles. The maximum atomic E-state index is 12.5. The van der Waals surface area contributed by atoms with Crippen molar-refractivity contribution < 1.29 is 9.59 Å². The molecule has 0 aliphatic rings. The van der Waals surface area contributed by atoms with E-state index in [1.807, 2.05) is 6.07 Å². The lowest BCUT2D eigenvalue weighted by Crippen LogP contribution is -2.16. The monoisotopic (exact) mass is 338 g/mol. The smallest absolute Gasteiger partial charge is 0.255 e. The standard InChI is InChI=1S/C19H15ClN2O2/c1-11-17(12(2)23)18(15-9-8-14(20)10-16(15)21-11)22-19(24)13-6-4-3-5-7-13/h3-10H,1-2H3,(H,21,22,24). The highest BCUT2D eigenvalue weighted by atomic mass is 35.5. The van der Waals surface area contributed by atoms with Gasteiger partial charge in [0, 0.05) is 16.0 Å². The third kappa shape index (κ3) is 3.01. The number of amides is 1. The van der Waals surface area contributed by atoms with Crippen LogP contribution in [0.3, 0.4) is 0 Å². The Morgan fingerprint density at radius 2 is 1.79 bits per heavy atom. The Hall–Kier alpha value is -2.72. The summed E-state index contributed by atoms with van der Waals surface area (Å²) in [6.07, 6.45) is 0. The Bertz CT molecular complexity index is 952. The van der Waals surface area contributed by atoms with Gasteiger partial charge in [-0.3, -0.25) is 14.6 Å². The van der Waals surface area contributed by atoms with Crippen LogP contribution in [0.4, 0.5) is 5.69 Å². The van der Waals surface area contributed by atoms with Crippen molar-refractivity contribution in [3.8, 4) is 0 Å². The van der Waals surface area contributed by atoms with Crippen molar-refractivity contribution in [2.24, 2.45) is 0 Å². The molecule has 120 valence electrons. The van der Waals surface area contributed by atoms with Gasteiger partial charge < -0.3 is 5.32 Å². The summed E-state index contributed by atoms with van der Waals surface area (Å²) in [4.78, 5) is 29.1. The minimum atomic E-state index is -0.278. The summed E-state index contributed by atoms with van der Waals surface area (Å²) in [5.41, 5.74) is 2.59. The van der Waals surface area contributed by atoms with E-state index in [9.17, 15) is 9.59 Å². The Balaban J connectivity index is 2.19. The van der Waals surface area contributed by atoms with Gasteiger partial charge in [-0.1, -0.05) is 29.8 Å². The van der Waals surface area contributed by atoms with Crippen LogP contribution in [0.15, 0.2) is 48.5 Å². The summed E-state index contributed by atoms with van der Waals surface area (Å²) in [6, 6.07) is 14.0. The van der Waals surface area contributed by atoms with Crippen molar-refractivity contribution in [1.82, 2.24) is 4.98 Å². The van der Waals surface area contributed by atoms with Crippen molar-refractivity contribution in [3.63, 3.8) is 0 Å². The highest BCUT2D eigenvalue weighted by Gasteiger charge is 2.19. The summed E-state index contributed by atoms with van der Waals surface area (Å²) < 4.78 is 0. The van der Waals surface area contributed by atoms with Crippen molar-refractivity contribution in [2.75, 3.05) is 5.32 Å². The van der Waals surface area contributed by atoms with E-state index < -0.39 is 0 Å². The van der Waals surface area contributed by atoms with Crippen LogP contribution in [0, 0.1) is 6.92 Å². The molecule has 1 heterocycles. The summed E-state index contributed by atoms with van der Waals surface area (Å²) in [5, 5.41) is 4.10. The molecule has 5 heteroatoms. The molecule has 4 nitrogen and oxygen atoms in total. The van der Waals surface area contributed by atoms with Crippen LogP contribution in [0.1, 0.15) is 33.3 Å². The van der Waals surface area contributed by atoms with E-state index in [-0.39, 0.29) is 11.7 Å². The molecule has 0 atom stereocenters. The predicted octanol–water partition coefficient (Wildman–Crippen LogP) is 4.65. The minimum Gasteiger partial charge on any atom is -0.321 e. The first-order valence-electron chi connectivity index (χ1n) is 7.44. The van der Waals surface area contributed by atoms with E-state index in [0.717, 1.165) is 0 Å². The molecule has 0 spiro atoms. The minimum absolute atomic E-state index is 0.153. The second kappa shape index (κ2) is 6.42. The van der Waals surface area contributed by atoms with Gasteiger partial charge in [-0.2, -0.15) is 0 Å². The Morgan fingerprint density at radius 3 is 2.46 bits per heavy atom. The molecule has 0 saturated carbocycles. The molecule has 1 N–H and O–H groups in total. The lowest BCUT2D eigenvalue weighted by molar-refractivity contribution is 0.101. The number of pyridine rings is 1. The number of aryl methyl sites for hydroxylation is 1. The van der Waals surface area contributed by atoms with E-state index in [1.54, 1.807) is 49.4 Å². The molecule has 3 rings (SSSR count). The zero-order valence-electron chi connectivity index (χ0n) is 13.3. The maximum Gasteiger partial charge on any atom is 0.255 e. The molecule has 0 saturated heterocycles. The number of hydrogen-bond acceptors (Lipinski definition) is 3. The van der Waals surface area contributed by atoms with Crippen molar-refractivity contribution in [3.05, 3.63) is 70.4 Å². The Morgan fingerprint density at radius 1 is 1.08 bits per heavy atom. The number of Topliss-reactive ketones (excluding diaryl/α,β-unsaturated/α-hetero) is 1. The number of nitrogens with one attached hydrogen (secondary N) is 1.